The van der Waals surface area contributed by atoms with E-state index in [9.17, 15) is 0 Å². The fourth-order valence-electron chi connectivity index (χ4n) is 2.10. The maximum absolute atomic E-state index is 5.08. The molecular weight excluding hydrogens is 264 g/mol. The molecule has 0 unspecified atom stereocenters. The van der Waals surface area contributed by atoms with Crippen LogP contribution in [0, 0.1) is 0 Å². The van der Waals surface area contributed by atoms with Crippen LogP contribution in [0.5, 0.6) is 5.88 Å². The highest BCUT2D eigenvalue weighted by molar-refractivity contribution is 5.54. The Bertz CT molecular complexity index is 655. The lowest BCUT2D eigenvalue weighted by Gasteiger charge is -2.08. The van der Waals surface area contributed by atoms with E-state index in [4.69, 9.17) is 4.74 Å². The first-order chi connectivity index (χ1) is 10.3. The minimum Gasteiger partial charge on any atom is -0.481 e. The summed E-state index contributed by atoms with van der Waals surface area (Å²) in [5, 5.41) is 0. The van der Waals surface area contributed by atoms with Crippen LogP contribution in [-0.4, -0.2) is 26.6 Å². The third-order valence-electron chi connectivity index (χ3n) is 3.31. The molecule has 0 N–H and O–H groups in total. The van der Waals surface area contributed by atoms with Crippen molar-refractivity contribution in [3.05, 3.63) is 54.6 Å². The van der Waals surface area contributed by atoms with Crippen LogP contribution in [0.15, 0.2) is 49.1 Å². The number of imidazole rings is 1. The zero-order chi connectivity index (χ0) is 14.7. The lowest BCUT2D eigenvalue weighted by molar-refractivity contribution is 0.398. The second kappa shape index (κ2) is 5.75. The van der Waals surface area contributed by atoms with Crippen molar-refractivity contribution in [1.29, 1.82) is 0 Å². The van der Waals surface area contributed by atoms with Crippen molar-refractivity contribution in [3.63, 3.8) is 0 Å². The predicted octanol–water partition coefficient (Wildman–Crippen LogP) is 2.90. The van der Waals surface area contributed by atoms with Gasteiger partial charge in [0.25, 0.3) is 0 Å². The van der Waals surface area contributed by atoms with Gasteiger partial charge in [0.2, 0.25) is 5.88 Å². The minimum atomic E-state index is 0.589. The van der Waals surface area contributed by atoms with Gasteiger partial charge in [-0.25, -0.2) is 9.97 Å². The number of rotatable bonds is 4. The van der Waals surface area contributed by atoms with Gasteiger partial charge in [-0.2, -0.15) is 0 Å². The molecule has 21 heavy (non-hydrogen) atoms. The first-order valence-corrected chi connectivity index (χ1v) is 6.81. The van der Waals surface area contributed by atoms with Crippen molar-refractivity contribution in [1.82, 2.24) is 19.5 Å². The monoisotopic (exact) mass is 280 g/mol. The van der Waals surface area contributed by atoms with Crippen LogP contribution in [0.4, 0.5) is 0 Å². The van der Waals surface area contributed by atoms with Crippen LogP contribution >= 0.6 is 0 Å². The van der Waals surface area contributed by atoms with Gasteiger partial charge in [-0.3, -0.25) is 9.55 Å². The van der Waals surface area contributed by atoms with E-state index in [1.165, 1.54) is 5.56 Å². The average molecular weight is 280 g/mol. The van der Waals surface area contributed by atoms with Crippen molar-refractivity contribution in [2.24, 2.45) is 0 Å². The Morgan fingerprint density at radius 2 is 1.95 bits per heavy atom. The maximum Gasteiger partial charge on any atom is 0.213 e. The second-order valence-corrected chi connectivity index (χ2v) is 4.58. The molecule has 0 aliphatic heterocycles. The molecule has 0 fully saturated rings. The molecule has 0 radical (unpaired) electrons. The first kappa shape index (κ1) is 13.3. The van der Waals surface area contributed by atoms with Gasteiger partial charge < -0.3 is 4.74 Å². The third-order valence-corrected chi connectivity index (χ3v) is 3.31. The lowest BCUT2D eigenvalue weighted by Crippen LogP contribution is -1.99. The van der Waals surface area contributed by atoms with E-state index in [2.05, 4.69) is 27.9 Å². The number of nitrogens with zero attached hydrogens (tertiary/aromatic N) is 4. The Balaban J connectivity index is 1.99. The van der Waals surface area contributed by atoms with E-state index in [1.54, 1.807) is 19.5 Å². The van der Waals surface area contributed by atoms with Crippen LogP contribution in [0.1, 0.15) is 12.5 Å². The van der Waals surface area contributed by atoms with E-state index in [0.29, 0.717) is 5.88 Å². The molecular formula is C16H16N4O. The number of aryl methyl sites for hydroxylation is 1. The molecule has 3 aromatic rings. The zero-order valence-electron chi connectivity index (χ0n) is 12.0. The number of ether oxygens (including phenoxy) is 1. The number of aromatic nitrogens is 4. The Morgan fingerprint density at radius 3 is 2.57 bits per heavy atom. The molecule has 0 saturated carbocycles. The van der Waals surface area contributed by atoms with Gasteiger partial charge in [-0.05, 0) is 24.1 Å². The molecule has 0 aliphatic rings. The molecule has 0 bridgehead atoms. The lowest BCUT2D eigenvalue weighted by atomic mass is 10.2. The summed E-state index contributed by atoms with van der Waals surface area (Å²) in [6, 6.07) is 7.84. The topological polar surface area (TPSA) is 52.8 Å². The summed E-state index contributed by atoms with van der Waals surface area (Å²) >= 11 is 0. The van der Waals surface area contributed by atoms with Crippen molar-refractivity contribution in [3.8, 4) is 23.1 Å². The molecule has 3 heterocycles. The highest BCUT2D eigenvalue weighted by atomic mass is 16.5. The summed E-state index contributed by atoms with van der Waals surface area (Å²) in [4.78, 5) is 13.1. The first-order valence-electron chi connectivity index (χ1n) is 6.81. The van der Waals surface area contributed by atoms with Gasteiger partial charge in [0.05, 0.1) is 19.0 Å². The standard InChI is InChI=1S/C16H16N4O/c1-3-12-4-6-14(18-10-12)16-17-8-9-20(16)13-5-7-15(21-2)19-11-13/h4-11H,3H2,1-2H3. The highest BCUT2D eigenvalue weighted by Gasteiger charge is 2.09. The number of hydrogen-bond donors (Lipinski definition) is 0. The zero-order valence-corrected chi connectivity index (χ0v) is 12.0. The van der Waals surface area contributed by atoms with Gasteiger partial charge in [-0.15, -0.1) is 0 Å². The molecule has 5 nitrogen and oxygen atoms in total. The van der Waals surface area contributed by atoms with Crippen molar-refractivity contribution >= 4 is 0 Å². The van der Waals surface area contributed by atoms with Gasteiger partial charge in [0.1, 0.15) is 5.69 Å². The van der Waals surface area contributed by atoms with Crippen LogP contribution in [0.3, 0.4) is 0 Å². The van der Waals surface area contributed by atoms with E-state index >= 15 is 0 Å². The Labute approximate surface area is 123 Å². The van der Waals surface area contributed by atoms with Gasteiger partial charge in [-0.1, -0.05) is 13.0 Å². The molecule has 0 aromatic carbocycles. The van der Waals surface area contributed by atoms with Crippen LogP contribution in [0.2, 0.25) is 0 Å². The van der Waals surface area contributed by atoms with Crippen LogP contribution in [0.25, 0.3) is 17.2 Å². The predicted molar refractivity (Wildman–Crippen MR) is 80.5 cm³/mol. The Kier molecular flexibility index (Phi) is 3.64. The second-order valence-electron chi connectivity index (χ2n) is 4.58. The molecule has 0 spiro atoms. The third kappa shape index (κ3) is 2.63. The SMILES string of the molecule is CCc1ccc(-c2nccn2-c2ccc(OC)nc2)nc1. The minimum absolute atomic E-state index is 0.589. The largest absolute Gasteiger partial charge is 0.481 e. The fraction of sp³-hybridized carbons (Fsp3) is 0.188. The summed E-state index contributed by atoms with van der Waals surface area (Å²) in [6.07, 6.45) is 8.28. The summed E-state index contributed by atoms with van der Waals surface area (Å²) in [6.45, 7) is 2.11. The van der Waals surface area contributed by atoms with E-state index in [0.717, 1.165) is 23.6 Å². The highest BCUT2D eigenvalue weighted by Crippen LogP contribution is 2.20. The molecule has 5 heteroatoms. The molecule has 3 rings (SSSR count). The quantitative estimate of drug-likeness (QED) is 0.737. The molecule has 106 valence electrons. The molecule has 3 aromatic heterocycles. The molecule has 0 amide bonds. The van der Waals surface area contributed by atoms with E-state index < -0.39 is 0 Å². The number of methoxy groups -OCH3 is 1. The molecule has 0 aliphatic carbocycles. The van der Waals surface area contributed by atoms with Gasteiger partial charge >= 0.3 is 0 Å². The van der Waals surface area contributed by atoms with E-state index in [1.807, 2.05) is 35.2 Å². The van der Waals surface area contributed by atoms with Gasteiger partial charge in [0.15, 0.2) is 5.82 Å². The van der Waals surface area contributed by atoms with Crippen molar-refractivity contribution in [2.75, 3.05) is 7.11 Å². The summed E-state index contributed by atoms with van der Waals surface area (Å²) in [5.41, 5.74) is 2.97. The van der Waals surface area contributed by atoms with Crippen molar-refractivity contribution < 1.29 is 4.74 Å². The number of pyridine rings is 2. The summed E-state index contributed by atoms with van der Waals surface area (Å²) in [7, 11) is 1.60. The molecule has 0 atom stereocenters. The normalized spacial score (nSPS) is 10.6. The molecule has 0 saturated heterocycles. The van der Waals surface area contributed by atoms with Crippen LogP contribution < -0.4 is 4.74 Å². The Hall–Kier alpha value is -2.69. The van der Waals surface area contributed by atoms with Crippen LogP contribution in [-0.2, 0) is 6.42 Å². The average Bonchev–Trinajstić information content (AvgIpc) is 3.04. The maximum atomic E-state index is 5.08. The van der Waals surface area contributed by atoms with Gasteiger partial charge in [0, 0.05) is 24.7 Å². The Morgan fingerprint density at radius 1 is 1.05 bits per heavy atom. The summed E-state index contributed by atoms with van der Waals surface area (Å²) in [5.74, 6) is 1.38. The van der Waals surface area contributed by atoms with E-state index in [-0.39, 0.29) is 0 Å². The van der Waals surface area contributed by atoms with Crippen molar-refractivity contribution in [2.45, 2.75) is 13.3 Å². The smallest absolute Gasteiger partial charge is 0.213 e. The number of hydrogen-bond acceptors (Lipinski definition) is 4. The fourth-order valence-corrected chi connectivity index (χ4v) is 2.10. The summed E-state index contributed by atoms with van der Waals surface area (Å²) < 4.78 is 7.04.